The van der Waals surface area contributed by atoms with Gasteiger partial charge in [-0.2, -0.15) is 0 Å². The Kier molecular flexibility index (Phi) is 4.38. The van der Waals surface area contributed by atoms with Crippen LogP contribution in [-0.4, -0.2) is 42.0 Å². The minimum absolute atomic E-state index is 0.000647. The second-order valence-corrected chi connectivity index (χ2v) is 8.42. The van der Waals surface area contributed by atoms with E-state index in [-0.39, 0.29) is 11.8 Å². The summed E-state index contributed by atoms with van der Waals surface area (Å²) in [5, 5.41) is 18.6. The summed E-state index contributed by atoms with van der Waals surface area (Å²) in [4.78, 5) is 19.6. The van der Waals surface area contributed by atoms with Crippen LogP contribution in [0.1, 0.15) is 78.7 Å². The zero-order valence-corrected chi connectivity index (χ0v) is 16.7. The Balaban J connectivity index is 1.39. The van der Waals surface area contributed by atoms with Crippen LogP contribution in [0.4, 0.5) is 0 Å². The molecule has 1 unspecified atom stereocenters. The van der Waals surface area contributed by atoms with Gasteiger partial charge in [0.1, 0.15) is 17.6 Å². The largest absolute Gasteiger partial charge is 0.445 e. The molecule has 29 heavy (non-hydrogen) atoms. The molecule has 152 valence electrons. The Bertz CT molecular complexity index is 1070. The van der Waals surface area contributed by atoms with Gasteiger partial charge in [-0.3, -0.25) is 9.20 Å². The van der Waals surface area contributed by atoms with E-state index in [4.69, 9.17) is 4.42 Å². The molecule has 1 aliphatic heterocycles. The predicted octanol–water partition coefficient (Wildman–Crippen LogP) is 2.87. The highest BCUT2D eigenvalue weighted by molar-refractivity contribution is 5.94. The van der Waals surface area contributed by atoms with Crippen molar-refractivity contribution in [1.29, 1.82) is 0 Å². The van der Waals surface area contributed by atoms with E-state index in [1.807, 2.05) is 13.8 Å². The highest BCUT2D eigenvalue weighted by Crippen LogP contribution is 2.37. The molecule has 3 aromatic heterocycles. The molecule has 8 nitrogen and oxygen atoms in total. The van der Waals surface area contributed by atoms with Crippen molar-refractivity contribution in [2.24, 2.45) is 5.92 Å². The second-order valence-electron chi connectivity index (χ2n) is 8.42. The van der Waals surface area contributed by atoms with Gasteiger partial charge in [0, 0.05) is 25.1 Å². The molecule has 2 aliphatic rings. The summed E-state index contributed by atoms with van der Waals surface area (Å²) in [6.07, 6.45) is 5.19. The lowest BCUT2D eigenvalue weighted by Crippen LogP contribution is -2.36. The average Bonchev–Trinajstić information content (AvgIpc) is 3.27. The van der Waals surface area contributed by atoms with Gasteiger partial charge in [0.2, 0.25) is 0 Å². The predicted molar refractivity (Wildman–Crippen MR) is 104 cm³/mol. The zero-order chi connectivity index (χ0) is 20.1. The van der Waals surface area contributed by atoms with Gasteiger partial charge in [0.05, 0.1) is 12.1 Å². The van der Waals surface area contributed by atoms with Crippen LogP contribution in [-0.2, 0) is 13.0 Å². The zero-order valence-electron chi connectivity index (χ0n) is 16.7. The van der Waals surface area contributed by atoms with Gasteiger partial charge >= 0.3 is 0 Å². The van der Waals surface area contributed by atoms with E-state index in [0.717, 1.165) is 30.2 Å². The van der Waals surface area contributed by atoms with Gasteiger partial charge in [0.15, 0.2) is 17.4 Å². The van der Waals surface area contributed by atoms with Crippen LogP contribution < -0.4 is 0 Å². The molecule has 0 bridgehead atoms. The number of carbonyl (C=O) groups excluding carboxylic acids is 1. The third-order valence-corrected chi connectivity index (χ3v) is 6.06. The Morgan fingerprint density at radius 1 is 1.28 bits per heavy atom. The number of rotatable bonds is 4. The van der Waals surface area contributed by atoms with E-state index in [1.54, 1.807) is 27.6 Å². The molecule has 1 fully saturated rings. The first-order valence-electron chi connectivity index (χ1n) is 10.3. The van der Waals surface area contributed by atoms with Crippen molar-refractivity contribution >= 4 is 11.6 Å². The molecule has 0 spiro atoms. The van der Waals surface area contributed by atoms with E-state index < -0.39 is 6.10 Å². The van der Waals surface area contributed by atoms with Crippen LogP contribution in [0.2, 0.25) is 0 Å². The average molecular weight is 395 g/mol. The normalized spacial score (nSPS) is 18.1. The SMILES string of the molecule is CC(C)C(O)c1nnc2ccc(C(=O)N3CCc4oc(C5CCC5)nc4C3)cn12. The summed E-state index contributed by atoms with van der Waals surface area (Å²) >= 11 is 0. The van der Waals surface area contributed by atoms with Crippen molar-refractivity contribution in [2.75, 3.05) is 6.54 Å². The van der Waals surface area contributed by atoms with E-state index in [0.29, 0.717) is 42.5 Å². The molecule has 8 heteroatoms. The fourth-order valence-electron chi connectivity index (χ4n) is 3.94. The number of aliphatic hydroxyl groups is 1. The molecule has 3 aromatic rings. The molecule has 0 radical (unpaired) electrons. The summed E-state index contributed by atoms with van der Waals surface area (Å²) in [5.74, 6) is 2.60. The summed E-state index contributed by atoms with van der Waals surface area (Å²) in [6.45, 7) is 4.91. The maximum Gasteiger partial charge on any atom is 0.255 e. The molecule has 0 saturated heterocycles. The first kappa shape index (κ1) is 18.3. The minimum atomic E-state index is -0.743. The maximum absolute atomic E-state index is 13.1. The lowest BCUT2D eigenvalue weighted by Gasteiger charge is -2.25. The van der Waals surface area contributed by atoms with E-state index in [1.165, 1.54) is 6.42 Å². The first-order chi connectivity index (χ1) is 14.0. The summed E-state index contributed by atoms with van der Waals surface area (Å²) in [6, 6.07) is 3.52. The summed E-state index contributed by atoms with van der Waals surface area (Å²) in [7, 11) is 0. The lowest BCUT2D eigenvalue weighted by molar-refractivity contribution is 0.0727. The van der Waals surface area contributed by atoms with Gasteiger partial charge in [-0.1, -0.05) is 20.3 Å². The fraction of sp³-hybridized carbons (Fsp3) is 0.524. The fourth-order valence-corrected chi connectivity index (χ4v) is 3.94. The van der Waals surface area contributed by atoms with Gasteiger partial charge in [0.25, 0.3) is 5.91 Å². The third-order valence-electron chi connectivity index (χ3n) is 6.06. The van der Waals surface area contributed by atoms with E-state index >= 15 is 0 Å². The Morgan fingerprint density at radius 2 is 2.10 bits per heavy atom. The molecule has 1 N–H and O–H groups in total. The molecular formula is C21H25N5O3. The summed E-state index contributed by atoms with van der Waals surface area (Å²) in [5.41, 5.74) is 2.03. The Morgan fingerprint density at radius 3 is 2.83 bits per heavy atom. The molecule has 5 rings (SSSR count). The Labute approximate surface area is 168 Å². The van der Waals surface area contributed by atoms with Crippen molar-refractivity contribution in [3.05, 3.63) is 47.1 Å². The standard InChI is InChI=1S/C21H25N5O3/c1-12(2)18(27)19-24-23-17-7-6-14(10-26(17)19)21(28)25-9-8-16-15(11-25)22-20(29-16)13-4-3-5-13/h6-7,10,12-13,18,27H,3-5,8-9,11H2,1-2H3. The number of pyridine rings is 1. The molecule has 1 amide bonds. The molecule has 1 atom stereocenters. The topological polar surface area (TPSA) is 96.8 Å². The third kappa shape index (κ3) is 3.11. The molecular weight excluding hydrogens is 370 g/mol. The van der Waals surface area contributed by atoms with E-state index in [2.05, 4.69) is 15.2 Å². The first-order valence-corrected chi connectivity index (χ1v) is 10.3. The molecule has 1 saturated carbocycles. The van der Waals surface area contributed by atoms with Crippen molar-refractivity contribution in [3.63, 3.8) is 0 Å². The van der Waals surface area contributed by atoms with Crippen LogP contribution >= 0.6 is 0 Å². The minimum Gasteiger partial charge on any atom is -0.445 e. The van der Waals surface area contributed by atoms with Crippen LogP contribution in [0.15, 0.2) is 22.7 Å². The Hall–Kier alpha value is -2.74. The van der Waals surface area contributed by atoms with Gasteiger partial charge in [-0.25, -0.2) is 4.98 Å². The van der Waals surface area contributed by atoms with Gasteiger partial charge < -0.3 is 14.4 Å². The van der Waals surface area contributed by atoms with Crippen molar-refractivity contribution in [2.45, 2.75) is 58.1 Å². The van der Waals surface area contributed by atoms with Crippen LogP contribution in [0.3, 0.4) is 0 Å². The van der Waals surface area contributed by atoms with Crippen molar-refractivity contribution in [3.8, 4) is 0 Å². The molecule has 0 aromatic carbocycles. The number of amides is 1. The number of aliphatic hydroxyl groups excluding tert-OH is 1. The van der Waals surface area contributed by atoms with Gasteiger partial charge in [-0.05, 0) is 30.9 Å². The quantitative estimate of drug-likeness (QED) is 0.730. The summed E-state index contributed by atoms with van der Waals surface area (Å²) < 4.78 is 7.66. The van der Waals surface area contributed by atoms with Crippen molar-refractivity contribution in [1.82, 2.24) is 24.5 Å². The molecule has 4 heterocycles. The van der Waals surface area contributed by atoms with E-state index in [9.17, 15) is 9.90 Å². The number of oxazole rings is 1. The number of aromatic nitrogens is 4. The molecule has 1 aliphatic carbocycles. The van der Waals surface area contributed by atoms with Gasteiger partial charge in [-0.15, -0.1) is 10.2 Å². The number of carbonyl (C=O) groups is 1. The van der Waals surface area contributed by atoms with Crippen LogP contribution in [0, 0.1) is 5.92 Å². The number of fused-ring (bicyclic) bond motifs is 2. The maximum atomic E-state index is 13.1. The monoisotopic (exact) mass is 395 g/mol. The van der Waals surface area contributed by atoms with Crippen LogP contribution in [0.25, 0.3) is 5.65 Å². The van der Waals surface area contributed by atoms with Crippen LogP contribution in [0.5, 0.6) is 0 Å². The van der Waals surface area contributed by atoms with Crippen molar-refractivity contribution < 1.29 is 14.3 Å². The lowest BCUT2D eigenvalue weighted by atomic mass is 9.85. The number of hydrogen-bond donors (Lipinski definition) is 1. The number of nitrogens with zero attached hydrogens (tertiary/aromatic N) is 5. The second kappa shape index (κ2) is 6.95. The highest BCUT2D eigenvalue weighted by atomic mass is 16.4. The number of hydrogen-bond acceptors (Lipinski definition) is 6. The highest BCUT2D eigenvalue weighted by Gasteiger charge is 2.30. The smallest absolute Gasteiger partial charge is 0.255 e.